The third-order valence-corrected chi connectivity index (χ3v) is 3.36. The highest BCUT2D eigenvalue weighted by Gasteiger charge is 2.18. The van der Waals surface area contributed by atoms with Gasteiger partial charge in [0.1, 0.15) is 18.2 Å². The number of aromatic nitrogens is 3. The van der Waals surface area contributed by atoms with Gasteiger partial charge in [0.2, 0.25) is 0 Å². The molecule has 0 aliphatic heterocycles. The SMILES string of the molecule is CCNC(c1ncn[nH]1)c1sccc1C. The number of thiophene rings is 1. The number of aryl methyl sites for hydroxylation is 1. The van der Waals surface area contributed by atoms with Crippen molar-refractivity contribution in [2.45, 2.75) is 19.9 Å². The Morgan fingerprint density at radius 1 is 1.60 bits per heavy atom. The summed E-state index contributed by atoms with van der Waals surface area (Å²) >= 11 is 1.75. The highest BCUT2D eigenvalue weighted by atomic mass is 32.1. The molecule has 2 aromatic heterocycles. The fourth-order valence-electron chi connectivity index (χ4n) is 1.55. The van der Waals surface area contributed by atoms with Crippen molar-refractivity contribution in [1.82, 2.24) is 20.5 Å². The van der Waals surface area contributed by atoms with Gasteiger partial charge in [-0.1, -0.05) is 6.92 Å². The first kappa shape index (κ1) is 10.3. The van der Waals surface area contributed by atoms with Gasteiger partial charge in [-0.2, -0.15) is 5.10 Å². The van der Waals surface area contributed by atoms with Crippen molar-refractivity contribution in [3.8, 4) is 0 Å². The second-order valence-electron chi connectivity index (χ2n) is 3.33. The number of hydrogen-bond acceptors (Lipinski definition) is 4. The van der Waals surface area contributed by atoms with Crippen LogP contribution in [0.4, 0.5) is 0 Å². The molecule has 2 heterocycles. The van der Waals surface area contributed by atoms with Crippen LogP contribution in [-0.2, 0) is 0 Å². The molecular weight excluding hydrogens is 208 g/mol. The first-order valence-electron chi connectivity index (χ1n) is 4.95. The number of nitrogens with one attached hydrogen (secondary N) is 2. The maximum atomic E-state index is 4.21. The smallest absolute Gasteiger partial charge is 0.146 e. The van der Waals surface area contributed by atoms with E-state index in [2.05, 4.69) is 45.8 Å². The summed E-state index contributed by atoms with van der Waals surface area (Å²) in [6.07, 6.45) is 1.54. The zero-order valence-electron chi connectivity index (χ0n) is 8.82. The van der Waals surface area contributed by atoms with Gasteiger partial charge >= 0.3 is 0 Å². The molecule has 0 saturated heterocycles. The van der Waals surface area contributed by atoms with E-state index in [0.29, 0.717) is 0 Å². The van der Waals surface area contributed by atoms with Crippen molar-refractivity contribution >= 4 is 11.3 Å². The molecule has 15 heavy (non-hydrogen) atoms. The van der Waals surface area contributed by atoms with Crippen molar-refractivity contribution in [3.05, 3.63) is 34.0 Å². The molecule has 2 aromatic rings. The van der Waals surface area contributed by atoms with Gasteiger partial charge in [0, 0.05) is 4.88 Å². The number of rotatable bonds is 4. The lowest BCUT2D eigenvalue weighted by Gasteiger charge is -2.14. The summed E-state index contributed by atoms with van der Waals surface area (Å²) in [7, 11) is 0. The predicted molar refractivity (Wildman–Crippen MR) is 61.0 cm³/mol. The van der Waals surface area contributed by atoms with Gasteiger partial charge in [0.15, 0.2) is 0 Å². The molecule has 80 valence electrons. The van der Waals surface area contributed by atoms with Gasteiger partial charge < -0.3 is 5.32 Å². The van der Waals surface area contributed by atoms with Crippen LogP contribution in [0.15, 0.2) is 17.8 Å². The van der Waals surface area contributed by atoms with Crippen LogP contribution in [0.1, 0.15) is 29.2 Å². The molecule has 0 amide bonds. The third kappa shape index (κ3) is 2.08. The molecule has 2 rings (SSSR count). The topological polar surface area (TPSA) is 53.6 Å². The van der Waals surface area contributed by atoms with E-state index in [1.54, 1.807) is 17.7 Å². The van der Waals surface area contributed by atoms with Gasteiger partial charge in [-0.15, -0.1) is 11.3 Å². The van der Waals surface area contributed by atoms with Crippen LogP contribution >= 0.6 is 11.3 Å². The molecule has 0 aromatic carbocycles. The van der Waals surface area contributed by atoms with Crippen LogP contribution in [0, 0.1) is 6.92 Å². The molecule has 0 aliphatic carbocycles. The van der Waals surface area contributed by atoms with E-state index < -0.39 is 0 Å². The number of nitrogens with zero attached hydrogens (tertiary/aromatic N) is 2. The number of aromatic amines is 1. The van der Waals surface area contributed by atoms with Crippen LogP contribution in [0.3, 0.4) is 0 Å². The monoisotopic (exact) mass is 222 g/mol. The lowest BCUT2D eigenvalue weighted by Crippen LogP contribution is -2.22. The Balaban J connectivity index is 2.32. The van der Waals surface area contributed by atoms with Crippen LogP contribution in [0.5, 0.6) is 0 Å². The average Bonchev–Trinajstić information content (AvgIpc) is 2.85. The molecule has 0 fully saturated rings. The average molecular weight is 222 g/mol. The molecule has 1 atom stereocenters. The van der Waals surface area contributed by atoms with Gasteiger partial charge in [-0.25, -0.2) is 4.98 Å². The minimum Gasteiger partial charge on any atom is -0.303 e. The van der Waals surface area contributed by atoms with Gasteiger partial charge in [-0.3, -0.25) is 5.10 Å². The van der Waals surface area contributed by atoms with E-state index in [-0.39, 0.29) is 6.04 Å². The Morgan fingerprint density at radius 2 is 2.47 bits per heavy atom. The normalized spacial score (nSPS) is 12.9. The van der Waals surface area contributed by atoms with Crippen LogP contribution < -0.4 is 5.32 Å². The van der Waals surface area contributed by atoms with Crippen molar-refractivity contribution in [1.29, 1.82) is 0 Å². The van der Waals surface area contributed by atoms with Gasteiger partial charge in [0.05, 0.1) is 0 Å². The first-order chi connectivity index (χ1) is 7.33. The van der Waals surface area contributed by atoms with Crippen LogP contribution in [-0.4, -0.2) is 21.7 Å². The Morgan fingerprint density at radius 3 is 3.00 bits per heavy atom. The second-order valence-corrected chi connectivity index (χ2v) is 4.28. The molecule has 5 heteroatoms. The zero-order chi connectivity index (χ0) is 10.7. The first-order valence-corrected chi connectivity index (χ1v) is 5.83. The standard InChI is InChI=1S/C10H14N4S/c1-3-11-8(10-12-6-13-14-10)9-7(2)4-5-15-9/h4-6,8,11H,3H2,1-2H3,(H,12,13,14). The van der Waals surface area contributed by atoms with E-state index >= 15 is 0 Å². The van der Waals surface area contributed by atoms with E-state index in [1.165, 1.54) is 10.4 Å². The minimum atomic E-state index is 0.137. The summed E-state index contributed by atoms with van der Waals surface area (Å²) in [5.41, 5.74) is 1.29. The largest absolute Gasteiger partial charge is 0.303 e. The summed E-state index contributed by atoms with van der Waals surface area (Å²) in [5, 5.41) is 12.3. The number of hydrogen-bond donors (Lipinski definition) is 2. The highest BCUT2D eigenvalue weighted by molar-refractivity contribution is 7.10. The molecule has 0 bridgehead atoms. The second kappa shape index (κ2) is 4.55. The lowest BCUT2D eigenvalue weighted by molar-refractivity contribution is 0.606. The van der Waals surface area contributed by atoms with E-state index in [9.17, 15) is 0 Å². The maximum Gasteiger partial charge on any atom is 0.146 e. The molecular formula is C10H14N4S. The summed E-state index contributed by atoms with van der Waals surface area (Å²) in [6, 6.07) is 2.26. The van der Waals surface area contributed by atoms with Crippen molar-refractivity contribution in [2.75, 3.05) is 6.54 Å². The van der Waals surface area contributed by atoms with E-state index in [4.69, 9.17) is 0 Å². The molecule has 4 nitrogen and oxygen atoms in total. The highest BCUT2D eigenvalue weighted by Crippen LogP contribution is 2.26. The summed E-state index contributed by atoms with van der Waals surface area (Å²) < 4.78 is 0. The molecule has 0 saturated carbocycles. The summed E-state index contributed by atoms with van der Waals surface area (Å²) in [6.45, 7) is 5.11. The third-order valence-electron chi connectivity index (χ3n) is 2.28. The number of H-pyrrole nitrogens is 1. The van der Waals surface area contributed by atoms with Gasteiger partial charge in [0.25, 0.3) is 0 Å². The quantitative estimate of drug-likeness (QED) is 0.830. The fraction of sp³-hybridized carbons (Fsp3) is 0.400. The maximum absolute atomic E-state index is 4.21. The van der Waals surface area contributed by atoms with E-state index in [1.807, 2.05) is 0 Å². The summed E-state index contributed by atoms with van der Waals surface area (Å²) in [5.74, 6) is 0.877. The Kier molecular flexibility index (Phi) is 3.13. The fourth-order valence-corrected chi connectivity index (χ4v) is 2.56. The molecule has 2 N–H and O–H groups in total. The van der Waals surface area contributed by atoms with Crippen LogP contribution in [0.2, 0.25) is 0 Å². The molecule has 0 radical (unpaired) electrons. The Labute approximate surface area is 92.8 Å². The lowest BCUT2D eigenvalue weighted by atomic mass is 10.1. The van der Waals surface area contributed by atoms with Crippen LogP contribution in [0.25, 0.3) is 0 Å². The molecule has 0 spiro atoms. The predicted octanol–water partition coefficient (Wildman–Crippen LogP) is 1.87. The summed E-state index contributed by atoms with van der Waals surface area (Å²) in [4.78, 5) is 5.51. The molecule has 0 aliphatic rings. The van der Waals surface area contributed by atoms with Crippen molar-refractivity contribution in [2.24, 2.45) is 0 Å². The van der Waals surface area contributed by atoms with E-state index in [0.717, 1.165) is 12.4 Å². The Bertz CT molecular complexity index is 407. The zero-order valence-corrected chi connectivity index (χ0v) is 9.64. The molecule has 1 unspecified atom stereocenters. The van der Waals surface area contributed by atoms with Gasteiger partial charge in [-0.05, 0) is 30.5 Å². The minimum absolute atomic E-state index is 0.137. The van der Waals surface area contributed by atoms with Crippen molar-refractivity contribution in [3.63, 3.8) is 0 Å². The Hall–Kier alpha value is -1.20. The van der Waals surface area contributed by atoms with Crippen molar-refractivity contribution < 1.29 is 0 Å².